The van der Waals surface area contributed by atoms with Gasteiger partial charge in [-0.15, -0.1) is 0 Å². The molecule has 1 aliphatic carbocycles. The van der Waals surface area contributed by atoms with Gasteiger partial charge in [-0.1, -0.05) is 12.2 Å². The molecule has 3 nitrogen and oxygen atoms in total. The fourth-order valence-electron chi connectivity index (χ4n) is 1.51. The number of nitriles is 1. The van der Waals surface area contributed by atoms with E-state index in [2.05, 4.69) is 23.8 Å². The van der Waals surface area contributed by atoms with Crippen molar-refractivity contribution in [3.63, 3.8) is 0 Å². The molecule has 0 aromatic heterocycles. The zero-order valence-electron chi connectivity index (χ0n) is 5.62. The van der Waals surface area contributed by atoms with Crippen molar-refractivity contribution in [3.05, 3.63) is 12.2 Å². The zero-order valence-corrected chi connectivity index (χ0v) is 5.62. The summed E-state index contributed by atoms with van der Waals surface area (Å²) in [5.74, 6) is 0. The number of hydrogen-bond acceptors (Lipinski definition) is 3. The Morgan fingerprint density at radius 2 is 2.40 bits per heavy atom. The molecule has 2 aliphatic heterocycles. The van der Waals surface area contributed by atoms with Gasteiger partial charge in [0.15, 0.2) is 6.19 Å². The summed E-state index contributed by atoms with van der Waals surface area (Å²) in [5, 5.41) is 10.2. The molecule has 0 aromatic carbocycles. The van der Waals surface area contributed by atoms with Crippen LogP contribution in [0, 0.1) is 11.5 Å². The molecule has 1 fully saturated rings. The molecule has 0 saturated carbocycles. The SMILES string of the molecule is N#CN1NC2C=CC1CC2. The summed E-state index contributed by atoms with van der Waals surface area (Å²) in [7, 11) is 0. The van der Waals surface area contributed by atoms with Gasteiger partial charge in [0, 0.05) is 6.04 Å². The number of hydrazine groups is 1. The van der Waals surface area contributed by atoms with Crippen molar-refractivity contribution in [3.8, 4) is 6.19 Å². The van der Waals surface area contributed by atoms with Crippen LogP contribution in [0.4, 0.5) is 0 Å². The fourth-order valence-corrected chi connectivity index (χ4v) is 1.51. The Morgan fingerprint density at radius 1 is 1.50 bits per heavy atom. The maximum Gasteiger partial charge on any atom is 0.195 e. The maximum atomic E-state index is 8.59. The average molecular weight is 135 g/mol. The molecule has 0 amide bonds. The molecule has 52 valence electrons. The van der Waals surface area contributed by atoms with E-state index in [9.17, 15) is 0 Å². The van der Waals surface area contributed by atoms with Gasteiger partial charge in [-0.2, -0.15) is 5.26 Å². The lowest BCUT2D eigenvalue weighted by Crippen LogP contribution is -2.53. The lowest BCUT2D eigenvalue weighted by Gasteiger charge is -2.38. The monoisotopic (exact) mass is 135 g/mol. The first kappa shape index (κ1) is 5.75. The molecule has 10 heavy (non-hydrogen) atoms. The molecular weight excluding hydrogens is 126 g/mol. The quantitative estimate of drug-likeness (QED) is 0.385. The minimum Gasteiger partial charge on any atom is -0.237 e. The van der Waals surface area contributed by atoms with E-state index in [0.29, 0.717) is 12.1 Å². The highest BCUT2D eigenvalue weighted by Gasteiger charge is 2.28. The van der Waals surface area contributed by atoms with E-state index in [4.69, 9.17) is 5.26 Å². The number of hydrogen-bond donors (Lipinski definition) is 1. The first-order valence-corrected chi connectivity index (χ1v) is 3.53. The second-order valence-corrected chi connectivity index (χ2v) is 2.74. The second-order valence-electron chi connectivity index (χ2n) is 2.74. The van der Waals surface area contributed by atoms with E-state index >= 15 is 0 Å². The van der Waals surface area contributed by atoms with Gasteiger partial charge in [0.1, 0.15) is 0 Å². The van der Waals surface area contributed by atoms with Crippen molar-refractivity contribution < 1.29 is 0 Å². The van der Waals surface area contributed by atoms with Crippen molar-refractivity contribution in [2.45, 2.75) is 24.9 Å². The largest absolute Gasteiger partial charge is 0.237 e. The van der Waals surface area contributed by atoms with Gasteiger partial charge in [-0.25, -0.2) is 10.4 Å². The summed E-state index contributed by atoms with van der Waals surface area (Å²) < 4.78 is 0. The molecule has 2 unspecified atom stereocenters. The van der Waals surface area contributed by atoms with E-state index in [0.717, 1.165) is 6.42 Å². The summed E-state index contributed by atoms with van der Waals surface area (Å²) >= 11 is 0. The predicted octanol–water partition coefficient (Wildman–Crippen LogP) is 0.375. The van der Waals surface area contributed by atoms with Gasteiger partial charge in [0.25, 0.3) is 0 Å². The first-order valence-electron chi connectivity index (χ1n) is 3.53. The fraction of sp³-hybridized carbons (Fsp3) is 0.571. The number of nitrogens with one attached hydrogen (secondary N) is 1. The topological polar surface area (TPSA) is 39.1 Å². The number of rotatable bonds is 0. The minimum atomic E-state index is 0.315. The molecule has 2 bridgehead atoms. The molecule has 1 N–H and O–H groups in total. The van der Waals surface area contributed by atoms with Crippen LogP contribution >= 0.6 is 0 Å². The highest BCUT2D eigenvalue weighted by molar-refractivity contribution is 5.11. The molecule has 0 radical (unpaired) electrons. The van der Waals surface area contributed by atoms with Crippen LogP contribution in [0.25, 0.3) is 0 Å². The Labute approximate surface area is 59.9 Å². The van der Waals surface area contributed by atoms with Crippen molar-refractivity contribution in [1.82, 2.24) is 10.4 Å². The van der Waals surface area contributed by atoms with Crippen LogP contribution in [0.2, 0.25) is 0 Å². The third-order valence-corrected chi connectivity index (χ3v) is 2.08. The van der Waals surface area contributed by atoms with Crippen molar-refractivity contribution in [2.75, 3.05) is 0 Å². The van der Waals surface area contributed by atoms with Gasteiger partial charge in [-0.3, -0.25) is 0 Å². The summed E-state index contributed by atoms with van der Waals surface area (Å²) in [4.78, 5) is 0. The molecular formula is C7H9N3. The standard InChI is InChI=1S/C7H9N3/c8-5-10-7-3-1-6(9-10)2-4-7/h1,3,6-7,9H,2,4H2. The van der Waals surface area contributed by atoms with E-state index < -0.39 is 0 Å². The molecule has 3 rings (SSSR count). The zero-order chi connectivity index (χ0) is 6.97. The van der Waals surface area contributed by atoms with E-state index in [1.165, 1.54) is 6.42 Å². The van der Waals surface area contributed by atoms with Gasteiger partial charge in [0.05, 0.1) is 6.04 Å². The van der Waals surface area contributed by atoms with Gasteiger partial charge in [0.2, 0.25) is 0 Å². The smallest absolute Gasteiger partial charge is 0.195 e. The first-order chi connectivity index (χ1) is 4.90. The third-order valence-electron chi connectivity index (χ3n) is 2.08. The van der Waals surface area contributed by atoms with Crippen LogP contribution in [0.3, 0.4) is 0 Å². The van der Waals surface area contributed by atoms with E-state index in [1.807, 2.05) is 0 Å². The van der Waals surface area contributed by atoms with Crippen LogP contribution in [-0.4, -0.2) is 17.1 Å². The van der Waals surface area contributed by atoms with Crippen LogP contribution in [0.1, 0.15) is 12.8 Å². The molecule has 0 spiro atoms. The Kier molecular flexibility index (Phi) is 1.15. The molecule has 3 heteroatoms. The second kappa shape index (κ2) is 1.99. The van der Waals surface area contributed by atoms with Crippen molar-refractivity contribution in [1.29, 1.82) is 5.26 Å². The molecule has 3 aliphatic rings. The molecule has 2 atom stereocenters. The Balaban J connectivity index is 2.21. The Bertz CT molecular complexity index is 203. The van der Waals surface area contributed by atoms with Crippen LogP contribution < -0.4 is 5.43 Å². The normalized spacial score (nSPS) is 36.1. The Hall–Kier alpha value is -1.01. The van der Waals surface area contributed by atoms with Crippen molar-refractivity contribution in [2.24, 2.45) is 0 Å². The maximum absolute atomic E-state index is 8.59. The highest BCUT2D eigenvalue weighted by atomic mass is 15.5. The Morgan fingerprint density at radius 3 is 2.70 bits per heavy atom. The lowest BCUT2D eigenvalue weighted by molar-refractivity contribution is 0.145. The van der Waals surface area contributed by atoms with E-state index in [1.54, 1.807) is 5.01 Å². The number of fused-ring (bicyclic) bond motifs is 2. The van der Waals surface area contributed by atoms with Crippen LogP contribution in [0.15, 0.2) is 12.2 Å². The summed E-state index contributed by atoms with van der Waals surface area (Å²) in [6, 6.07) is 0.722. The summed E-state index contributed by atoms with van der Waals surface area (Å²) in [5.41, 5.74) is 3.09. The lowest BCUT2D eigenvalue weighted by atomic mass is 9.96. The average Bonchev–Trinajstić information content (AvgIpc) is 2.06. The summed E-state index contributed by atoms with van der Waals surface area (Å²) in [6.45, 7) is 0. The molecule has 1 saturated heterocycles. The van der Waals surface area contributed by atoms with E-state index in [-0.39, 0.29) is 0 Å². The highest BCUT2D eigenvalue weighted by Crippen LogP contribution is 2.21. The minimum absolute atomic E-state index is 0.315. The third kappa shape index (κ3) is 0.695. The van der Waals surface area contributed by atoms with Gasteiger partial charge < -0.3 is 0 Å². The predicted molar refractivity (Wildman–Crippen MR) is 36.5 cm³/mol. The summed E-state index contributed by atoms with van der Waals surface area (Å²) in [6.07, 6.45) is 8.63. The van der Waals surface area contributed by atoms with Crippen LogP contribution in [-0.2, 0) is 0 Å². The molecule has 2 heterocycles. The number of nitrogens with zero attached hydrogens (tertiary/aromatic N) is 2. The van der Waals surface area contributed by atoms with Gasteiger partial charge >= 0.3 is 0 Å². The van der Waals surface area contributed by atoms with Crippen molar-refractivity contribution >= 4 is 0 Å². The van der Waals surface area contributed by atoms with Gasteiger partial charge in [-0.05, 0) is 12.8 Å². The molecule has 0 aromatic rings. The van der Waals surface area contributed by atoms with Crippen LogP contribution in [0.5, 0.6) is 0 Å².